The second-order valence-electron chi connectivity index (χ2n) is 7.77. The molecule has 1 aromatic rings. The summed E-state index contributed by atoms with van der Waals surface area (Å²) in [5, 5.41) is -0.482. The van der Waals surface area contributed by atoms with E-state index in [0.717, 1.165) is 5.56 Å². The lowest BCUT2D eigenvalue weighted by molar-refractivity contribution is -0.116. The largest absolute Gasteiger partial charge is 0.444 e. The molecule has 1 fully saturated rings. The maximum absolute atomic E-state index is 12.8. The highest BCUT2D eigenvalue weighted by atomic mass is 35.5. The second kappa shape index (κ2) is 7.34. The van der Waals surface area contributed by atoms with E-state index in [4.69, 9.17) is 21.1 Å². The number of ether oxygens (including phenoxy) is 2. The van der Waals surface area contributed by atoms with Crippen LogP contribution < -0.4 is 0 Å². The standard InChI is InChI=1S/C19H26ClNO4/c1-18(2,3)25-17(23)21-14(11-13-9-7-6-8-10-13)15(12-16(20)22)24-19(21,4)5/h6-10,14-15H,11-12H2,1-5H3/t14-,15+/m0/s1. The lowest BCUT2D eigenvalue weighted by Gasteiger charge is -2.35. The van der Waals surface area contributed by atoms with Gasteiger partial charge in [0.2, 0.25) is 5.24 Å². The van der Waals surface area contributed by atoms with Crippen molar-refractivity contribution in [1.29, 1.82) is 0 Å². The van der Waals surface area contributed by atoms with Crippen LogP contribution in [0.4, 0.5) is 4.79 Å². The fraction of sp³-hybridized carbons (Fsp3) is 0.579. The van der Waals surface area contributed by atoms with Crippen molar-refractivity contribution in [2.75, 3.05) is 0 Å². The molecule has 1 aliphatic heterocycles. The minimum absolute atomic E-state index is 0.0434. The van der Waals surface area contributed by atoms with Crippen molar-refractivity contribution in [1.82, 2.24) is 4.90 Å². The molecular weight excluding hydrogens is 342 g/mol. The fourth-order valence-electron chi connectivity index (χ4n) is 3.15. The first-order chi connectivity index (χ1) is 11.5. The zero-order chi connectivity index (χ0) is 18.8. The van der Waals surface area contributed by atoms with Crippen molar-refractivity contribution >= 4 is 22.9 Å². The summed E-state index contributed by atoms with van der Waals surface area (Å²) >= 11 is 5.60. The van der Waals surface area contributed by atoms with Crippen LogP contribution in [-0.4, -0.2) is 39.7 Å². The van der Waals surface area contributed by atoms with Gasteiger partial charge in [-0.25, -0.2) is 4.79 Å². The molecule has 0 aliphatic carbocycles. The molecule has 2 rings (SSSR count). The average Bonchev–Trinajstić information content (AvgIpc) is 2.67. The van der Waals surface area contributed by atoms with Crippen molar-refractivity contribution < 1.29 is 19.1 Å². The van der Waals surface area contributed by atoms with Gasteiger partial charge in [0, 0.05) is 0 Å². The molecule has 0 saturated carbocycles. The number of carbonyl (C=O) groups is 2. The molecule has 1 saturated heterocycles. The van der Waals surface area contributed by atoms with Gasteiger partial charge in [0.15, 0.2) is 0 Å². The Labute approximate surface area is 154 Å². The quantitative estimate of drug-likeness (QED) is 0.751. The van der Waals surface area contributed by atoms with Crippen molar-refractivity contribution in [3.05, 3.63) is 35.9 Å². The Morgan fingerprint density at radius 3 is 2.36 bits per heavy atom. The van der Waals surface area contributed by atoms with E-state index in [1.807, 2.05) is 51.1 Å². The first kappa shape index (κ1) is 19.7. The number of nitrogens with zero attached hydrogens (tertiary/aromatic N) is 1. The first-order valence-corrected chi connectivity index (χ1v) is 8.80. The molecule has 138 valence electrons. The van der Waals surface area contributed by atoms with E-state index >= 15 is 0 Å². The number of rotatable bonds is 4. The second-order valence-corrected chi connectivity index (χ2v) is 8.19. The molecule has 6 heteroatoms. The summed E-state index contributed by atoms with van der Waals surface area (Å²) < 4.78 is 11.6. The Morgan fingerprint density at radius 2 is 1.84 bits per heavy atom. The summed E-state index contributed by atoms with van der Waals surface area (Å²) in [6.07, 6.45) is -0.337. The summed E-state index contributed by atoms with van der Waals surface area (Å²) in [5.41, 5.74) is -0.460. The minimum Gasteiger partial charge on any atom is -0.444 e. The molecule has 0 N–H and O–H groups in total. The molecule has 0 radical (unpaired) electrons. The average molecular weight is 368 g/mol. The number of carbonyl (C=O) groups excluding carboxylic acids is 2. The normalized spacial score (nSPS) is 22.7. The zero-order valence-corrected chi connectivity index (χ0v) is 16.2. The van der Waals surface area contributed by atoms with Crippen molar-refractivity contribution in [3.63, 3.8) is 0 Å². The SMILES string of the molecule is CC(C)(C)OC(=O)N1[C@@H](Cc2ccccc2)[C@@H](CC(=O)Cl)OC1(C)C. The van der Waals surface area contributed by atoms with Gasteiger partial charge in [-0.1, -0.05) is 30.3 Å². The molecule has 1 amide bonds. The number of hydrogen-bond acceptors (Lipinski definition) is 4. The number of benzene rings is 1. The third-order valence-electron chi connectivity index (χ3n) is 4.02. The smallest absolute Gasteiger partial charge is 0.412 e. The van der Waals surface area contributed by atoms with Crippen LogP contribution in [0, 0.1) is 0 Å². The van der Waals surface area contributed by atoms with Gasteiger partial charge >= 0.3 is 6.09 Å². The van der Waals surface area contributed by atoms with Crippen LogP contribution in [0.2, 0.25) is 0 Å². The van der Waals surface area contributed by atoms with E-state index in [1.165, 1.54) is 0 Å². The van der Waals surface area contributed by atoms with Crippen LogP contribution in [0.5, 0.6) is 0 Å². The summed E-state index contributed by atoms with van der Waals surface area (Å²) in [7, 11) is 0. The van der Waals surface area contributed by atoms with Crippen molar-refractivity contribution in [2.45, 2.75) is 70.9 Å². The third-order valence-corrected chi connectivity index (χ3v) is 4.17. The molecule has 0 aromatic heterocycles. The van der Waals surface area contributed by atoms with Crippen molar-refractivity contribution in [2.24, 2.45) is 0 Å². The van der Waals surface area contributed by atoms with Gasteiger partial charge in [-0.3, -0.25) is 9.69 Å². The Balaban J connectivity index is 2.33. The molecule has 5 nitrogen and oxygen atoms in total. The fourth-order valence-corrected chi connectivity index (χ4v) is 3.30. The van der Waals surface area contributed by atoms with Crippen LogP contribution in [-0.2, 0) is 20.7 Å². The molecule has 0 bridgehead atoms. The maximum Gasteiger partial charge on any atom is 0.412 e. The molecule has 1 aromatic carbocycles. The predicted octanol–water partition coefficient (Wildman–Crippen LogP) is 4.13. The van der Waals surface area contributed by atoms with Gasteiger partial charge in [-0.2, -0.15) is 0 Å². The summed E-state index contributed by atoms with van der Waals surface area (Å²) in [6.45, 7) is 9.06. The highest BCUT2D eigenvalue weighted by molar-refractivity contribution is 6.63. The molecule has 0 spiro atoms. The predicted molar refractivity (Wildman–Crippen MR) is 96.4 cm³/mol. The molecular formula is C19H26ClNO4. The van der Waals surface area contributed by atoms with Crippen LogP contribution in [0.15, 0.2) is 30.3 Å². The van der Waals surface area contributed by atoms with E-state index < -0.39 is 28.8 Å². The molecule has 1 heterocycles. The van der Waals surface area contributed by atoms with Crippen molar-refractivity contribution in [3.8, 4) is 0 Å². The Kier molecular flexibility index (Phi) is 5.79. The Hall–Kier alpha value is -1.59. The minimum atomic E-state index is -0.890. The summed E-state index contributed by atoms with van der Waals surface area (Å²) in [4.78, 5) is 25.9. The zero-order valence-electron chi connectivity index (χ0n) is 15.4. The van der Waals surface area contributed by atoms with Crippen LogP contribution in [0.3, 0.4) is 0 Å². The van der Waals surface area contributed by atoms with Crippen LogP contribution >= 0.6 is 11.6 Å². The summed E-state index contributed by atoms with van der Waals surface area (Å²) in [6, 6.07) is 9.45. The molecule has 0 unspecified atom stereocenters. The highest BCUT2D eigenvalue weighted by Crippen LogP contribution is 2.37. The van der Waals surface area contributed by atoms with Crippen LogP contribution in [0.1, 0.15) is 46.6 Å². The molecule has 25 heavy (non-hydrogen) atoms. The third kappa shape index (κ3) is 5.19. The molecule has 1 aliphatic rings. The topological polar surface area (TPSA) is 55.8 Å². The summed E-state index contributed by atoms with van der Waals surface area (Å²) in [5.74, 6) is 0. The monoisotopic (exact) mass is 367 g/mol. The van der Waals surface area contributed by atoms with Crippen LogP contribution in [0.25, 0.3) is 0 Å². The number of halogens is 1. The Morgan fingerprint density at radius 1 is 1.24 bits per heavy atom. The Bertz CT molecular complexity index is 624. The van der Waals surface area contributed by atoms with E-state index in [9.17, 15) is 9.59 Å². The lowest BCUT2D eigenvalue weighted by atomic mass is 9.99. The molecule has 2 atom stereocenters. The first-order valence-electron chi connectivity index (χ1n) is 8.42. The maximum atomic E-state index is 12.8. The van der Waals surface area contributed by atoms with E-state index in [1.54, 1.807) is 18.7 Å². The van der Waals surface area contributed by atoms with Gasteiger partial charge in [-0.05, 0) is 58.2 Å². The van der Waals surface area contributed by atoms with Gasteiger partial charge in [0.05, 0.1) is 18.6 Å². The van der Waals surface area contributed by atoms with E-state index in [0.29, 0.717) is 6.42 Å². The van der Waals surface area contributed by atoms with Gasteiger partial charge in [0.1, 0.15) is 11.3 Å². The van der Waals surface area contributed by atoms with E-state index in [2.05, 4.69) is 0 Å². The van der Waals surface area contributed by atoms with E-state index in [-0.39, 0.29) is 12.5 Å². The van der Waals surface area contributed by atoms with Gasteiger partial charge in [0.25, 0.3) is 0 Å². The van der Waals surface area contributed by atoms with Gasteiger partial charge in [-0.15, -0.1) is 0 Å². The van der Waals surface area contributed by atoms with Gasteiger partial charge < -0.3 is 9.47 Å². The highest BCUT2D eigenvalue weighted by Gasteiger charge is 2.51. The lowest BCUT2D eigenvalue weighted by Crippen LogP contribution is -2.51. The number of hydrogen-bond donors (Lipinski definition) is 0. The number of amides is 1.